The molecule has 0 saturated carbocycles. The third-order valence-electron chi connectivity index (χ3n) is 3.98. The van der Waals surface area contributed by atoms with E-state index < -0.39 is 5.97 Å². The van der Waals surface area contributed by atoms with E-state index in [2.05, 4.69) is 0 Å². The monoisotopic (exact) mass is 293 g/mol. The molecule has 2 rings (SSSR count). The molecule has 1 N–H and O–H groups in total. The lowest BCUT2D eigenvalue weighted by Crippen LogP contribution is -2.44. The minimum atomic E-state index is -0.842. The third kappa shape index (κ3) is 3.80. The largest absolute Gasteiger partial charge is 0.481 e. The predicted molar refractivity (Wildman–Crippen MR) is 76.7 cm³/mol. The van der Waals surface area contributed by atoms with Crippen LogP contribution >= 0.6 is 0 Å². The van der Waals surface area contributed by atoms with Gasteiger partial charge in [-0.3, -0.25) is 9.59 Å². The second-order valence-corrected chi connectivity index (χ2v) is 5.54. The summed E-state index contributed by atoms with van der Waals surface area (Å²) in [5.74, 6) is -1.30. The number of hydrogen-bond donors (Lipinski definition) is 1. The number of carbonyl (C=O) groups excluding carboxylic acids is 1. The molecule has 5 heteroatoms. The van der Waals surface area contributed by atoms with Crippen molar-refractivity contribution in [3.05, 3.63) is 35.1 Å². The van der Waals surface area contributed by atoms with Gasteiger partial charge in [0.25, 0.3) is 5.91 Å². The standard InChI is InChI=1S/C16H20FNO3/c1-11-10-12(5-7-14(11)17)16(21)18-9-3-2-4-13(18)6-8-15(19)20/h5,7,10,13H,2-4,6,8-9H2,1H3,(H,19,20). The van der Waals surface area contributed by atoms with E-state index in [0.29, 0.717) is 24.1 Å². The molecule has 0 spiro atoms. The van der Waals surface area contributed by atoms with E-state index in [0.717, 1.165) is 19.3 Å². The van der Waals surface area contributed by atoms with Gasteiger partial charge in [-0.15, -0.1) is 0 Å². The van der Waals surface area contributed by atoms with Gasteiger partial charge in [-0.2, -0.15) is 0 Å². The highest BCUT2D eigenvalue weighted by molar-refractivity contribution is 5.94. The Morgan fingerprint density at radius 1 is 1.38 bits per heavy atom. The maximum Gasteiger partial charge on any atom is 0.303 e. The quantitative estimate of drug-likeness (QED) is 0.928. The van der Waals surface area contributed by atoms with Crippen LogP contribution in [0.4, 0.5) is 4.39 Å². The van der Waals surface area contributed by atoms with Gasteiger partial charge in [0.2, 0.25) is 0 Å². The first-order chi connectivity index (χ1) is 9.99. The maximum atomic E-state index is 13.3. The SMILES string of the molecule is Cc1cc(C(=O)N2CCCCC2CCC(=O)O)ccc1F. The number of aliphatic carboxylic acids is 1. The van der Waals surface area contributed by atoms with Crippen LogP contribution in [0.1, 0.15) is 48.0 Å². The number of carbonyl (C=O) groups is 2. The van der Waals surface area contributed by atoms with Gasteiger partial charge in [-0.05, 0) is 56.4 Å². The van der Waals surface area contributed by atoms with Crippen molar-refractivity contribution in [3.63, 3.8) is 0 Å². The molecule has 1 saturated heterocycles. The number of amides is 1. The Balaban J connectivity index is 2.13. The molecule has 1 fully saturated rings. The second kappa shape index (κ2) is 6.70. The number of likely N-dealkylation sites (tertiary alicyclic amines) is 1. The van der Waals surface area contributed by atoms with Crippen LogP contribution in [0.2, 0.25) is 0 Å². The summed E-state index contributed by atoms with van der Waals surface area (Å²) in [6.07, 6.45) is 3.31. The molecule has 1 aliphatic heterocycles. The zero-order chi connectivity index (χ0) is 15.4. The summed E-state index contributed by atoms with van der Waals surface area (Å²) >= 11 is 0. The van der Waals surface area contributed by atoms with Gasteiger partial charge < -0.3 is 10.0 Å². The third-order valence-corrected chi connectivity index (χ3v) is 3.98. The molecule has 0 aromatic heterocycles. The minimum Gasteiger partial charge on any atom is -0.481 e. The van der Waals surface area contributed by atoms with Gasteiger partial charge in [0.1, 0.15) is 5.82 Å². The predicted octanol–water partition coefficient (Wildman–Crippen LogP) is 2.99. The molecule has 1 heterocycles. The van der Waals surface area contributed by atoms with Crippen LogP contribution in [0.3, 0.4) is 0 Å². The van der Waals surface area contributed by atoms with Crippen molar-refractivity contribution in [2.45, 2.75) is 45.1 Å². The van der Waals surface area contributed by atoms with Crippen molar-refractivity contribution in [3.8, 4) is 0 Å². The Morgan fingerprint density at radius 2 is 2.14 bits per heavy atom. The van der Waals surface area contributed by atoms with Crippen LogP contribution in [-0.4, -0.2) is 34.5 Å². The molecule has 1 unspecified atom stereocenters. The highest BCUT2D eigenvalue weighted by Gasteiger charge is 2.27. The van der Waals surface area contributed by atoms with Crippen molar-refractivity contribution >= 4 is 11.9 Å². The lowest BCUT2D eigenvalue weighted by Gasteiger charge is -2.35. The fourth-order valence-corrected chi connectivity index (χ4v) is 2.80. The van der Waals surface area contributed by atoms with Crippen LogP contribution in [0.5, 0.6) is 0 Å². The topological polar surface area (TPSA) is 57.6 Å². The molecule has 1 atom stereocenters. The molecule has 1 amide bonds. The van der Waals surface area contributed by atoms with Crippen LogP contribution in [0.25, 0.3) is 0 Å². The second-order valence-electron chi connectivity index (χ2n) is 5.54. The summed E-state index contributed by atoms with van der Waals surface area (Å²) in [6.45, 7) is 2.27. The molecule has 0 radical (unpaired) electrons. The number of hydrogen-bond acceptors (Lipinski definition) is 2. The molecule has 1 aromatic rings. The van der Waals surface area contributed by atoms with E-state index in [9.17, 15) is 14.0 Å². The first kappa shape index (κ1) is 15.5. The van der Waals surface area contributed by atoms with Gasteiger partial charge in [-0.25, -0.2) is 4.39 Å². The number of carboxylic acid groups (broad SMARTS) is 1. The van der Waals surface area contributed by atoms with E-state index >= 15 is 0 Å². The smallest absolute Gasteiger partial charge is 0.303 e. The lowest BCUT2D eigenvalue weighted by atomic mass is 9.96. The number of nitrogens with zero attached hydrogens (tertiary/aromatic N) is 1. The molecule has 0 aliphatic carbocycles. The molecular weight excluding hydrogens is 273 g/mol. The molecular formula is C16H20FNO3. The van der Waals surface area contributed by atoms with Crippen molar-refractivity contribution in [1.29, 1.82) is 0 Å². The Labute approximate surface area is 123 Å². The molecule has 0 bridgehead atoms. The Hall–Kier alpha value is -1.91. The fourth-order valence-electron chi connectivity index (χ4n) is 2.80. The summed E-state index contributed by atoms with van der Waals surface area (Å²) in [5.41, 5.74) is 0.913. The lowest BCUT2D eigenvalue weighted by molar-refractivity contribution is -0.137. The summed E-state index contributed by atoms with van der Waals surface area (Å²) in [5, 5.41) is 8.81. The normalized spacial score (nSPS) is 18.6. The van der Waals surface area contributed by atoms with Crippen molar-refractivity contribution < 1.29 is 19.1 Å². The summed E-state index contributed by atoms with van der Waals surface area (Å²) in [7, 11) is 0. The number of aryl methyl sites for hydroxylation is 1. The number of carboxylic acids is 1. The van der Waals surface area contributed by atoms with Crippen molar-refractivity contribution in [2.75, 3.05) is 6.54 Å². The van der Waals surface area contributed by atoms with E-state index in [1.54, 1.807) is 17.9 Å². The summed E-state index contributed by atoms with van der Waals surface area (Å²) in [6, 6.07) is 4.32. The van der Waals surface area contributed by atoms with E-state index in [4.69, 9.17) is 5.11 Å². The highest BCUT2D eigenvalue weighted by Crippen LogP contribution is 2.23. The molecule has 4 nitrogen and oxygen atoms in total. The van der Waals surface area contributed by atoms with E-state index in [1.165, 1.54) is 12.1 Å². The molecule has 21 heavy (non-hydrogen) atoms. The van der Waals surface area contributed by atoms with Gasteiger partial charge in [0.15, 0.2) is 0 Å². The van der Waals surface area contributed by atoms with Crippen molar-refractivity contribution in [2.24, 2.45) is 0 Å². The zero-order valence-corrected chi connectivity index (χ0v) is 12.1. The Morgan fingerprint density at radius 3 is 2.81 bits per heavy atom. The fraction of sp³-hybridized carbons (Fsp3) is 0.500. The number of rotatable bonds is 4. The Kier molecular flexibility index (Phi) is 4.94. The van der Waals surface area contributed by atoms with E-state index in [1.807, 2.05) is 0 Å². The maximum absolute atomic E-state index is 13.3. The van der Waals surface area contributed by atoms with Crippen LogP contribution in [-0.2, 0) is 4.79 Å². The average Bonchev–Trinajstić information content (AvgIpc) is 2.47. The van der Waals surface area contributed by atoms with Crippen LogP contribution in [0.15, 0.2) is 18.2 Å². The first-order valence-corrected chi connectivity index (χ1v) is 7.28. The molecule has 114 valence electrons. The summed E-state index contributed by atoms with van der Waals surface area (Å²) < 4.78 is 13.3. The Bertz CT molecular complexity index is 544. The van der Waals surface area contributed by atoms with Gasteiger partial charge in [-0.1, -0.05) is 0 Å². The number of piperidine rings is 1. The zero-order valence-electron chi connectivity index (χ0n) is 12.1. The highest BCUT2D eigenvalue weighted by atomic mass is 19.1. The summed E-state index contributed by atoms with van der Waals surface area (Å²) in [4.78, 5) is 25.0. The van der Waals surface area contributed by atoms with Crippen LogP contribution < -0.4 is 0 Å². The first-order valence-electron chi connectivity index (χ1n) is 7.28. The van der Waals surface area contributed by atoms with Crippen LogP contribution in [0, 0.1) is 12.7 Å². The minimum absolute atomic E-state index is 0.0345. The van der Waals surface area contributed by atoms with Gasteiger partial charge in [0, 0.05) is 24.6 Å². The van der Waals surface area contributed by atoms with Gasteiger partial charge >= 0.3 is 5.97 Å². The number of halogens is 1. The van der Waals surface area contributed by atoms with Gasteiger partial charge in [0.05, 0.1) is 0 Å². The molecule has 1 aliphatic rings. The number of benzene rings is 1. The van der Waals surface area contributed by atoms with Crippen molar-refractivity contribution in [1.82, 2.24) is 4.90 Å². The van der Waals surface area contributed by atoms with E-state index in [-0.39, 0.29) is 24.2 Å². The average molecular weight is 293 g/mol. The molecule has 1 aromatic carbocycles.